The van der Waals surface area contributed by atoms with Gasteiger partial charge in [0.25, 0.3) is 5.91 Å². The third-order valence-electron chi connectivity index (χ3n) is 5.28. The topological polar surface area (TPSA) is 68.0 Å². The molecule has 1 heterocycles. The van der Waals surface area contributed by atoms with Crippen molar-refractivity contribution in [3.05, 3.63) is 95.6 Å². The molecule has 0 spiro atoms. The highest BCUT2D eigenvalue weighted by molar-refractivity contribution is 5.94. The fourth-order valence-corrected chi connectivity index (χ4v) is 3.75. The molecule has 1 aliphatic carbocycles. The molecule has 4 aromatic rings. The zero-order valence-electron chi connectivity index (χ0n) is 15.7. The Morgan fingerprint density at radius 2 is 1.48 bits per heavy atom. The number of aryl methyl sites for hydroxylation is 1. The summed E-state index contributed by atoms with van der Waals surface area (Å²) < 4.78 is 5.78. The molecule has 0 unspecified atom stereocenters. The molecule has 5 heteroatoms. The number of nitrogens with zero attached hydrogens (tertiary/aromatic N) is 2. The molecule has 0 saturated heterocycles. The maximum Gasteiger partial charge on any atom is 0.251 e. The molecule has 0 fully saturated rings. The van der Waals surface area contributed by atoms with Crippen LogP contribution in [-0.4, -0.2) is 16.1 Å². The Labute approximate surface area is 168 Å². The van der Waals surface area contributed by atoms with Gasteiger partial charge in [-0.3, -0.25) is 4.79 Å². The number of hydrogen-bond donors (Lipinski definition) is 1. The summed E-state index contributed by atoms with van der Waals surface area (Å²) in [6.07, 6.45) is 1.94. The summed E-state index contributed by atoms with van der Waals surface area (Å²) in [5.74, 6) is 0.830. The van der Waals surface area contributed by atoms with E-state index in [1.54, 1.807) is 12.1 Å². The summed E-state index contributed by atoms with van der Waals surface area (Å²) >= 11 is 0. The lowest BCUT2D eigenvalue weighted by atomic mass is 10.1. The van der Waals surface area contributed by atoms with E-state index in [0.717, 1.165) is 24.0 Å². The van der Waals surface area contributed by atoms with Crippen LogP contribution in [0.25, 0.3) is 22.9 Å². The van der Waals surface area contributed by atoms with E-state index in [9.17, 15) is 4.79 Å². The van der Waals surface area contributed by atoms with Crippen molar-refractivity contribution in [2.45, 2.75) is 18.9 Å². The zero-order valence-corrected chi connectivity index (χ0v) is 15.7. The maximum absolute atomic E-state index is 12.7. The molecular weight excluding hydrogens is 362 g/mol. The molecule has 142 valence electrons. The van der Waals surface area contributed by atoms with Crippen LogP contribution in [0, 0.1) is 0 Å². The summed E-state index contributed by atoms with van der Waals surface area (Å²) in [7, 11) is 0. The minimum absolute atomic E-state index is 0.0720. The van der Waals surface area contributed by atoms with Crippen molar-refractivity contribution in [2.75, 3.05) is 0 Å². The minimum Gasteiger partial charge on any atom is -0.416 e. The van der Waals surface area contributed by atoms with E-state index in [4.69, 9.17) is 4.42 Å². The molecule has 1 amide bonds. The quantitative estimate of drug-likeness (QED) is 0.550. The predicted octanol–water partition coefficient (Wildman–Crippen LogP) is 4.82. The fraction of sp³-hybridized carbons (Fsp3) is 0.125. The monoisotopic (exact) mass is 381 g/mol. The van der Waals surface area contributed by atoms with E-state index in [1.807, 2.05) is 54.6 Å². The highest BCUT2D eigenvalue weighted by Gasteiger charge is 2.23. The number of nitrogens with one attached hydrogen (secondary N) is 1. The van der Waals surface area contributed by atoms with Crippen LogP contribution in [-0.2, 0) is 6.42 Å². The molecule has 1 N–H and O–H groups in total. The number of hydrogen-bond acceptors (Lipinski definition) is 4. The van der Waals surface area contributed by atoms with Gasteiger partial charge in [-0.25, -0.2) is 0 Å². The highest BCUT2D eigenvalue weighted by Crippen LogP contribution is 2.31. The molecule has 29 heavy (non-hydrogen) atoms. The normalized spacial score (nSPS) is 15.1. The van der Waals surface area contributed by atoms with Gasteiger partial charge in [0.2, 0.25) is 11.8 Å². The smallest absolute Gasteiger partial charge is 0.251 e. The van der Waals surface area contributed by atoms with Crippen LogP contribution >= 0.6 is 0 Å². The van der Waals surface area contributed by atoms with E-state index in [1.165, 1.54) is 11.1 Å². The van der Waals surface area contributed by atoms with Gasteiger partial charge in [-0.1, -0.05) is 42.5 Å². The largest absolute Gasteiger partial charge is 0.416 e. The minimum atomic E-state index is -0.0752. The van der Waals surface area contributed by atoms with Crippen LogP contribution in [0.1, 0.15) is 33.9 Å². The second-order valence-corrected chi connectivity index (χ2v) is 7.12. The van der Waals surface area contributed by atoms with Gasteiger partial charge in [0, 0.05) is 16.7 Å². The molecular formula is C24H19N3O2. The number of aromatic nitrogens is 2. The average molecular weight is 381 g/mol. The Morgan fingerprint density at radius 1 is 0.828 bits per heavy atom. The van der Waals surface area contributed by atoms with Crippen LogP contribution in [0.3, 0.4) is 0 Å². The summed E-state index contributed by atoms with van der Waals surface area (Å²) in [6, 6.07) is 25.2. The SMILES string of the molecule is O=C(N[C@@H]1CCc2ccccc21)c1ccc(-c2nnc(-c3ccccc3)o2)cc1. The second-order valence-electron chi connectivity index (χ2n) is 7.12. The molecule has 0 bridgehead atoms. The van der Waals surface area contributed by atoms with Gasteiger partial charge < -0.3 is 9.73 Å². The highest BCUT2D eigenvalue weighted by atomic mass is 16.4. The number of benzene rings is 3. The Balaban J connectivity index is 1.31. The standard InChI is InChI=1S/C24H19N3O2/c28-22(25-21-15-14-16-6-4-5-9-20(16)21)17-10-12-19(13-11-17)24-27-26-23(29-24)18-7-2-1-3-8-18/h1-13,21H,14-15H2,(H,25,28)/t21-/m1/s1. The predicted molar refractivity (Wildman–Crippen MR) is 110 cm³/mol. The van der Waals surface area contributed by atoms with Gasteiger partial charge in [-0.15, -0.1) is 10.2 Å². The number of carbonyl (C=O) groups is 1. The van der Waals surface area contributed by atoms with Gasteiger partial charge in [0.15, 0.2) is 0 Å². The van der Waals surface area contributed by atoms with E-state index in [2.05, 4.69) is 27.6 Å². The van der Waals surface area contributed by atoms with Crippen molar-refractivity contribution in [1.82, 2.24) is 15.5 Å². The van der Waals surface area contributed by atoms with E-state index < -0.39 is 0 Å². The number of amides is 1. The summed E-state index contributed by atoms with van der Waals surface area (Å²) in [5.41, 5.74) is 4.80. The van der Waals surface area contributed by atoms with E-state index >= 15 is 0 Å². The Hall–Kier alpha value is -3.73. The molecule has 5 nitrogen and oxygen atoms in total. The first-order valence-corrected chi connectivity index (χ1v) is 9.66. The second kappa shape index (κ2) is 7.36. The average Bonchev–Trinajstić information content (AvgIpc) is 3.43. The van der Waals surface area contributed by atoms with Crippen LogP contribution in [0.5, 0.6) is 0 Å². The van der Waals surface area contributed by atoms with E-state index in [-0.39, 0.29) is 11.9 Å². The summed E-state index contributed by atoms with van der Waals surface area (Å²) in [6.45, 7) is 0. The van der Waals surface area contributed by atoms with Crippen molar-refractivity contribution >= 4 is 5.91 Å². The molecule has 5 rings (SSSR count). The molecule has 1 aliphatic rings. The first kappa shape index (κ1) is 17.4. The fourth-order valence-electron chi connectivity index (χ4n) is 3.75. The molecule has 0 radical (unpaired) electrons. The van der Waals surface area contributed by atoms with Crippen LogP contribution in [0.4, 0.5) is 0 Å². The lowest BCUT2D eigenvalue weighted by Crippen LogP contribution is -2.27. The van der Waals surface area contributed by atoms with Crippen molar-refractivity contribution in [2.24, 2.45) is 0 Å². The van der Waals surface area contributed by atoms with Crippen LogP contribution in [0.15, 0.2) is 83.3 Å². The van der Waals surface area contributed by atoms with E-state index in [0.29, 0.717) is 17.3 Å². The number of fused-ring (bicyclic) bond motifs is 1. The van der Waals surface area contributed by atoms with Gasteiger partial charge in [0.05, 0.1) is 6.04 Å². The first-order valence-electron chi connectivity index (χ1n) is 9.66. The lowest BCUT2D eigenvalue weighted by molar-refractivity contribution is 0.0936. The third kappa shape index (κ3) is 3.43. The Bertz CT molecular complexity index is 1150. The van der Waals surface area contributed by atoms with Gasteiger partial charge in [0.1, 0.15) is 0 Å². The molecule has 3 aromatic carbocycles. The van der Waals surface area contributed by atoms with Crippen molar-refractivity contribution in [1.29, 1.82) is 0 Å². The molecule has 1 atom stereocenters. The van der Waals surface area contributed by atoms with Gasteiger partial charge in [-0.05, 0) is 60.4 Å². The number of rotatable bonds is 4. The van der Waals surface area contributed by atoms with Gasteiger partial charge >= 0.3 is 0 Å². The Morgan fingerprint density at radius 3 is 2.24 bits per heavy atom. The molecule has 0 aliphatic heterocycles. The van der Waals surface area contributed by atoms with Crippen LogP contribution in [0.2, 0.25) is 0 Å². The van der Waals surface area contributed by atoms with Crippen molar-refractivity contribution < 1.29 is 9.21 Å². The third-order valence-corrected chi connectivity index (χ3v) is 5.28. The summed E-state index contributed by atoms with van der Waals surface area (Å²) in [4.78, 5) is 12.7. The first-order chi connectivity index (χ1) is 14.3. The molecule has 1 aromatic heterocycles. The molecule has 0 saturated carbocycles. The van der Waals surface area contributed by atoms with Crippen molar-refractivity contribution in [3.63, 3.8) is 0 Å². The summed E-state index contributed by atoms with van der Waals surface area (Å²) in [5, 5.41) is 11.4. The van der Waals surface area contributed by atoms with Gasteiger partial charge in [-0.2, -0.15) is 0 Å². The van der Waals surface area contributed by atoms with Crippen LogP contribution < -0.4 is 5.32 Å². The Kier molecular flexibility index (Phi) is 4.41. The maximum atomic E-state index is 12.7. The van der Waals surface area contributed by atoms with Crippen molar-refractivity contribution in [3.8, 4) is 22.9 Å². The lowest BCUT2D eigenvalue weighted by Gasteiger charge is -2.14. The number of carbonyl (C=O) groups excluding carboxylic acids is 1. The zero-order chi connectivity index (χ0) is 19.6.